The fourth-order valence-corrected chi connectivity index (χ4v) is 2.77. The quantitative estimate of drug-likeness (QED) is 0.799. The van der Waals surface area contributed by atoms with E-state index in [9.17, 15) is 9.59 Å². The number of esters is 1. The predicted octanol–water partition coefficient (Wildman–Crippen LogP) is 2.76. The van der Waals surface area contributed by atoms with Crippen LogP contribution in [0, 0.1) is 5.92 Å². The standard InChI is InChI=1S/C16H20ClNO4/c1-3-22-16(20)11-6-8-18(9-7-11)15(19)13-10-12(17)4-5-14(13)21-2/h4-5,10-11H,3,6-9H2,1-2H3. The van der Waals surface area contributed by atoms with Crippen LogP contribution in [-0.4, -0.2) is 43.6 Å². The van der Waals surface area contributed by atoms with E-state index in [-0.39, 0.29) is 17.8 Å². The molecular formula is C16H20ClNO4. The second-order valence-corrected chi connectivity index (χ2v) is 5.60. The molecule has 0 atom stereocenters. The summed E-state index contributed by atoms with van der Waals surface area (Å²) in [6.45, 7) is 3.23. The maximum absolute atomic E-state index is 12.6. The van der Waals surface area contributed by atoms with Gasteiger partial charge in [-0.05, 0) is 38.0 Å². The molecule has 1 aromatic carbocycles. The molecule has 5 nitrogen and oxygen atoms in total. The number of likely N-dealkylation sites (tertiary alicyclic amines) is 1. The van der Waals surface area contributed by atoms with Gasteiger partial charge in [-0.25, -0.2) is 0 Å². The molecule has 120 valence electrons. The Bertz CT molecular complexity index is 553. The Labute approximate surface area is 135 Å². The molecule has 1 fully saturated rings. The number of hydrogen-bond acceptors (Lipinski definition) is 4. The van der Waals surface area contributed by atoms with Crippen molar-refractivity contribution in [2.45, 2.75) is 19.8 Å². The van der Waals surface area contributed by atoms with Gasteiger partial charge in [-0.2, -0.15) is 0 Å². The van der Waals surface area contributed by atoms with Crippen molar-refractivity contribution >= 4 is 23.5 Å². The molecule has 1 aliphatic heterocycles. The zero-order valence-corrected chi connectivity index (χ0v) is 13.6. The molecule has 1 aromatic rings. The van der Waals surface area contributed by atoms with Crippen LogP contribution in [0.25, 0.3) is 0 Å². The first kappa shape index (κ1) is 16.6. The lowest BCUT2D eigenvalue weighted by Gasteiger charge is -2.31. The van der Waals surface area contributed by atoms with Gasteiger partial charge in [-0.3, -0.25) is 9.59 Å². The lowest BCUT2D eigenvalue weighted by Crippen LogP contribution is -2.40. The number of carbonyl (C=O) groups is 2. The minimum absolute atomic E-state index is 0.120. The van der Waals surface area contributed by atoms with E-state index in [1.54, 1.807) is 30.0 Å². The van der Waals surface area contributed by atoms with Gasteiger partial charge < -0.3 is 14.4 Å². The number of methoxy groups -OCH3 is 1. The number of halogens is 1. The van der Waals surface area contributed by atoms with Crippen LogP contribution in [0.4, 0.5) is 0 Å². The molecule has 1 saturated heterocycles. The summed E-state index contributed by atoms with van der Waals surface area (Å²) < 4.78 is 10.3. The van der Waals surface area contributed by atoms with Crippen LogP contribution in [0.1, 0.15) is 30.1 Å². The summed E-state index contributed by atoms with van der Waals surface area (Å²) in [5, 5.41) is 0.491. The number of rotatable bonds is 4. The highest BCUT2D eigenvalue weighted by molar-refractivity contribution is 6.31. The number of ether oxygens (including phenoxy) is 2. The van der Waals surface area contributed by atoms with Gasteiger partial charge in [0.15, 0.2) is 0 Å². The number of hydrogen-bond donors (Lipinski definition) is 0. The third kappa shape index (κ3) is 3.71. The first-order chi connectivity index (χ1) is 10.6. The number of benzene rings is 1. The number of amides is 1. The van der Waals surface area contributed by atoms with E-state index in [0.717, 1.165) is 0 Å². The van der Waals surface area contributed by atoms with Crippen molar-refractivity contribution < 1.29 is 19.1 Å². The van der Waals surface area contributed by atoms with Gasteiger partial charge in [0.05, 0.1) is 25.2 Å². The normalized spacial score (nSPS) is 15.5. The maximum Gasteiger partial charge on any atom is 0.309 e. The molecule has 2 rings (SSSR count). The maximum atomic E-state index is 12.6. The second kappa shape index (κ2) is 7.49. The zero-order chi connectivity index (χ0) is 16.1. The summed E-state index contributed by atoms with van der Waals surface area (Å²) in [5.41, 5.74) is 0.449. The molecule has 0 bridgehead atoms. The van der Waals surface area contributed by atoms with Gasteiger partial charge >= 0.3 is 5.97 Å². The molecule has 0 unspecified atom stereocenters. The summed E-state index contributed by atoms with van der Waals surface area (Å²) in [6.07, 6.45) is 1.24. The second-order valence-electron chi connectivity index (χ2n) is 5.16. The molecule has 22 heavy (non-hydrogen) atoms. The fourth-order valence-electron chi connectivity index (χ4n) is 2.60. The minimum Gasteiger partial charge on any atom is -0.496 e. The summed E-state index contributed by atoms with van der Waals surface area (Å²) in [5.74, 6) is 0.0868. The average molecular weight is 326 g/mol. The third-order valence-corrected chi connectivity index (χ3v) is 4.03. The average Bonchev–Trinajstić information content (AvgIpc) is 2.54. The van der Waals surface area contributed by atoms with Crippen LogP contribution in [-0.2, 0) is 9.53 Å². The first-order valence-corrected chi connectivity index (χ1v) is 7.74. The van der Waals surface area contributed by atoms with Crippen molar-refractivity contribution in [3.05, 3.63) is 28.8 Å². The van der Waals surface area contributed by atoms with E-state index in [2.05, 4.69) is 0 Å². The molecular weight excluding hydrogens is 306 g/mol. The Kier molecular flexibility index (Phi) is 5.66. The monoisotopic (exact) mass is 325 g/mol. The molecule has 0 N–H and O–H groups in total. The van der Waals surface area contributed by atoms with E-state index in [4.69, 9.17) is 21.1 Å². The van der Waals surface area contributed by atoms with E-state index >= 15 is 0 Å². The summed E-state index contributed by atoms with van der Waals surface area (Å²) in [7, 11) is 1.52. The van der Waals surface area contributed by atoms with Gasteiger partial charge in [0.1, 0.15) is 5.75 Å². The van der Waals surface area contributed by atoms with Gasteiger partial charge in [0.2, 0.25) is 0 Å². The molecule has 0 aromatic heterocycles. The van der Waals surface area contributed by atoms with E-state index in [1.807, 2.05) is 0 Å². The Balaban J connectivity index is 2.04. The summed E-state index contributed by atoms with van der Waals surface area (Å²) >= 11 is 5.97. The molecule has 6 heteroatoms. The number of piperidine rings is 1. The van der Waals surface area contributed by atoms with Crippen molar-refractivity contribution in [3.8, 4) is 5.75 Å². The van der Waals surface area contributed by atoms with Crippen molar-refractivity contribution in [2.24, 2.45) is 5.92 Å². The van der Waals surface area contributed by atoms with Crippen LogP contribution in [0.3, 0.4) is 0 Å². The smallest absolute Gasteiger partial charge is 0.309 e. The molecule has 0 spiro atoms. The molecule has 0 saturated carbocycles. The fraction of sp³-hybridized carbons (Fsp3) is 0.500. The summed E-state index contributed by atoms with van der Waals surface area (Å²) in [4.78, 5) is 26.1. The van der Waals surface area contributed by atoms with Gasteiger partial charge in [-0.15, -0.1) is 0 Å². The molecule has 0 aliphatic carbocycles. The largest absolute Gasteiger partial charge is 0.496 e. The van der Waals surface area contributed by atoms with Crippen molar-refractivity contribution in [3.63, 3.8) is 0 Å². The van der Waals surface area contributed by atoms with Crippen molar-refractivity contribution in [1.82, 2.24) is 4.90 Å². The number of carbonyl (C=O) groups excluding carboxylic acids is 2. The van der Waals surface area contributed by atoms with Crippen LogP contribution in [0.15, 0.2) is 18.2 Å². The Morgan fingerprint density at radius 2 is 2.00 bits per heavy atom. The van der Waals surface area contributed by atoms with E-state index in [0.29, 0.717) is 48.9 Å². The van der Waals surface area contributed by atoms with Gasteiger partial charge in [0.25, 0.3) is 5.91 Å². The van der Waals surface area contributed by atoms with Gasteiger partial charge in [-0.1, -0.05) is 11.6 Å². The highest BCUT2D eigenvalue weighted by Gasteiger charge is 2.29. The van der Waals surface area contributed by atoms with Crippen molar-refractivity contribution in [2.75, 3.05) is 26.8 Å². The highest BCUT2D eigenvalue weighted by Crippen LogP contribution is 2.26. The van der Waals surface area contributed by atoms with Gasteiger partial charge in [0, 0.05) is 18.1 Å². The first-order valence-electron chi connectivity index (χ1n) is 7.36. The van der Waals surface area contributed by atoms with E-state index in [1.165, 1.54) is 7.11 Å². The Morgan fingerprint density at radius 3 is 2.59 bits per heavy atom. The summed E-state index contributed by atoms with van der Waals surface area (Å²) in [6, 6.07) is 4.98. The van der Waals surface area contributed by atoms with Crippen LogP contribution >= 0.6 is 11.6 Å². The lowest BCUT2D eigenvalue weighted by atomic mass is 9.96. The molecule has 1 heterocycles. The minimum atomic E-state index is -0.171. The molecule has 0 radical (unpaired) electrons. The Morgan fingerprint density at radius 1 is 1.32 bits per heavy atom. The third-order valence-electron chi connectivity index (χ3n) is 3.79. The van der Waals surface area contributed by atoms with Crippen molar-refractivity contribution in [1.29, 1.82) is 0 Å². The Hall–Kier alpha value is -1.75. The number of nitrogens with zero attached hydrogens (tertiary/aromatic N) is 1. The van der Waals surface area contributed by atoms with Crippen LogP contribution < -0.4 is 4.74 Å². The van der Waals surface area contributed by atoms with E-state index < -0.39 is 0 Å². The zero-order valence-electron chi connectivity index (χ0n) is 12.8. The van der Waals surface area contributed by atoms with Crippen LogP contribution in [0.2, 0.25) is 5.02 Å². The predicted molar refractivity (Wildman–Crippen MR) is 83.3 cm³/mol. The SMILES string of the molecule is CCOC(=O)C1CCN(C(=O)c2cc(Cl)ccc2OC)CC1. The molecule has 1 aliphatic rings. The topological polar surface area (TPSA) is 55.8 Å². The lowest BCUT2D eigenvalue weighted by molar-refractivity contribution is -0.149. The highest BCUT2D eigenvalue weighted by atomic mass is 35.5. The molecule has 1 amide bonds. The van der Waals surface area contributed by atoms with Crippen LogP contribution in [0.5, 0.6) is 5.75 Å².